The van der Waals surface area contributed by atoms with Crippen molar-refractivity contribution in [2.24, 2.45) is 0 Å². The van der Waals surface area contributed by atoms with Gasteiger partial charge in [0, 0.05) is 12.5 Å². The van der Waals surface area contributed by atoms with Crippen molar-refractivity contribution >= 4 is 5.91 Å². The predicted octanol–water partition coefficient (Wildman–Crippen LogP) is -0.557. The molecule has 1 aromatic rings. The summed E-state index contributed by atoms with van der Waals surface area (Å²) in [6.45, 7) is 0.933. The number of hydrogen-bond acceptors (Lipinski definition) is 4. The fraction of sp³-hybridized carbons (Fsp3) is 0.667. The van der Waals surface area contributed by atoms with Crippen molar-refractivity contribution in [2.45, 2.75) is 24.8 Å². The average molecular weight is 207 g/mol. The Labute approximate surface area is 86.9 Å². The summed E-state index contributed by atoms with van der Waals surface area (Å²) in [5.74, 6) is 2.35. The number of H-pyrrole nitrogens is 1. The number of aromatic amines is 1. The minimum absolute atomic E-state index is 0.0354. The molecule has 3 rings (SSSR count). The summed E-state index contributed by atoms with van der Waals surface area (Å²) in [6, 6.07) is 0.0719. The SMILES string of the molecule is O=C1CNC(c2nc(C3CC3)n[nH]2)CN1. The molecule has 15 heavy (non-hydrogen) atoms. The first kappa shape index (κ1) is 8.84. The largest absolute Gasteiger partial charge is 0.353 e. The van der Waals surface area contributed by atoms with Crippen LogP contribution < -0.4 is 10.6 Å². The Hall–Kier alpha value is -1.43. The summed E-state index contributed by atoms with van der Waals surface area (Å²) in [6.07, 6.45) is 2.40. The maximum absolute atomic E-state index is 10.9. The first-order valence-corrected chi connectivity index (χ1v) is 5.25. The van der Waals surface area contributed by atoms with E-state index < -0.39 is 0 Å². The Morgan fingerprint density at radius 3 is 2.87 bits per heavy atom. The standard InChI is InChI=1S/C9H13N5O/c15-7-4-10-6(3-11-7)9-12-8(13-14-9)5-1-2-5/h5-6,10H,1-4H2,(H,11,15)(H,12,13,14). The van der Waals surface area contributed by atoms with Crippen LogP contribution >= 0.6 is 0 Å². The molecule has 0 radical (unpaired) electrons. The van der Waals surface area contributed by atoms with Gasteiger partial charge in [-0.15, -0.1) is 0 Å². The fourth-order valence-electron chi connectivity index (χ4n) is 1.73. The topological polar surface area (TPSA) is 82.7 Å². The highest BCUT2D eigenvalue weighted by molar-refractivity contribution is 5.78. The molecule has 0 aromatic carbocycles. The van der Waals surface area contributed by atoms with Crippen molar-refractivity contribution < 1.29 is 4.79 Å². The third kappa shape index (κ3) is 1.72. The Morgan fingerprint density at radius 1 is 1.33 bits per heavy atom. The second kappa shape index (κ2) is 3.30. The van der Waals surface area contributed by atoms with Crippen molar-refractivity contribution in [3.8, 4) is 0 Å². The molecule has 1 amide bonds. The fourth-order valence-corrected chi connectivity index (χ4v) is 1.73. The van der Waals surface area contributed by atoms with Crippen molar-refractivity contribution in [2.75, 3.05) is 13.1 Å². The predicted molar refractivity (Wildman–Crippen MR) is 52.1 cm³/mol. The smallest absolute Gasteiger partial charge is 0.234 e. The molecule has 6 nitrogen and oxygen atoms in total. The molecule has 2 fully saturated rings. The van der Waals surface area contributed by atoms with E-state index in [9.17, 15) is 4.79 Å². The first-order chi connectivity index (χ1) is 7.33. The van der Waals surface area contributed by atoms with Crippen LogP contribution in [-0.4, -0.2) is 34.2 Å². The Balaban J connectivity index is 1.71. The highest BCUT2D eigenvalue weighted by Gasteiger charge is 2.29. The summed E-state index contributed by atoms with van der Waals surface area (Å²) in [5, 5.41) is 13.0. The highest BCUT2D eigenvalue weighted by Crippen LogP contribution is 2.37. The lowest BCUT2D eigenvalue weighted by Gasteiger charge is -2.21. The van der Waals surface area contributed by atoms with Crippen LogP contribution in [0.25, 0.3) is 0 Å². The van der Waals surface area contributed by atoms with Crippen LogP contribution in [0.2, 0.25) is 0 Å². The molecule has 1 atom stereocenters. The first-order valence-electron chi connectivity index (χ1n) is 5.25. The number of hydrogen-bond donors (Lipinski definition) is 3. The maximum atomic E-state index is 10.9. The minimum Gasteiger partial charge on any atom is -0.353 e. The number of nitrogens with zero attached hydrogens (tertiary/aromatic N) is 2. The van der Waals surface area contributed by atoms with Gasteiger partial charge in [0.25, 0.3) is 0 Å². The van der Waals surface area contributed by atoms with E-state index in [1.807, 2.05) is 0 Å². The van der Waals surface area contributed by atoms with Crippen molar-refractivity contribution in [3.05, 3.63) is 11.6 Å². The molecule has 6 heteroatoms. The number of nitrogens with one attached hydrogen (secondary N) is 3. The van der Waals surface area contributed by atoms with Gasteiger partial charge in [0.05, 0.1) is 12.6 Å². The van der Waals surface area contributed by atoms with Gasteiger partial charge in [-0.3, -0.25) is 15.2 Å². The van der Waals surface area contributed by atoms with E-state index in [2.05, 4.69) is 25.8 Å². The molecule has 0 bridgehead atoms. The van der Waals surface area contributed by atoms with Crippen LogP contribution in [0.15, 0.2) is 0 Å². The van der Waals surface area contributed by atoms with Crippen molar-refractivity contribution in [3.63, 3.8) is 0 Å². The van der Waals surface area contributed by atoms with E-state index in [-0.39, 0.29) is 11.9 Å². The lowest BCUT2D eigenvalue weighted by atomic mass is 10.2. The summed E-state index contributed by atoms with van der Waals surface area (Å²) >= 11 is 0. The molecule has 1 aliphatic heterocycles. The van der Waals surface area contributed by atoms with Gasteiger partial charge in [-0.25, -0.2) is 4.98 Å². The lowest BCUT2D eigenvalue weighted by Crippen LogP contribution is -2.47. The van der Waals surface area contributed by atoms with E-state index in [0.29, 0.717) is 19.0 Å². The van der Waals surface area contributed by atoms with E-state index in [4.69, 9.17) is 0 Å². The van der Waals surface area contributed by atoms with Crippen molar-refractivity contribution in [1.82, 2.24) is 25.8 Å². The number of carbonyl (C=O) groups is 1. The molecular formula is C9H13N5O. The van der Waals surface area contributed by atoms with Gasteiger partial charge in [0.2, 0.25) is 5.91 Å². The molecule has 1 saturated heterocycles. The normalized spacial score (nSPS) is 26.4. The second-order valence-electron chi connectivity index (χ2n) is 4.09. The molecule has 1 saturated carbocycles. The molecule has 1 aromatic heterocycles. The van der Waals surface area contributed by atoms with Crippen LogP contribution in [0.1, 0.15) is 36.5 Å². The number of rotatable bonds is 2. The minimum atomic E-state index is 0.0354. The monoisotopic (exact) mass is 207 g/mol. The number of carbonyl (C=O) groups excluding carboxylic acids is 1. The number of aromatic nitrogens is 3. The van der Waals surface area contributed by atoms with Gasteiger partial charge >= 0.3 is 0 Å². The third-order valence-electron chi connectivity index (χ3n) is 2.80. The Bertz CT molecular complexity index is 374. The number of amides is 1. The van der Waals surface area contributed by atoms with E-state index in [1.165, 1.54) is 12.8 Å². The van der Waals surface area contributed by atoms with Gasteiger partial charge < -0.3 is 5.32 Å². The highest BCUT2D eigenvalue weighted by atomic mass is 16.2. The summed E-state index contributed by atoms with van der Waals surface area (Å²) in [5.41, 5.74) is 0. The zero-order valence-electron chi connectivity index (χ0n) is 8.29. The third-order valence-corrected chi connectivity index (χ3v) is 2.80. The van der Waals surface area contributed by atoms with Crippen LogP contribution in [-0.2, 0) is 4.79 Å². The molecule has 80 valence electrons. The van der Waals surface area contributed by atoms with E-state index >= 15 is 0 Å². The van der Waals surface area contributed by atoms with Crippen molar-refractivity contribution in [1.29, 1.82) is 0 Å². The second-order valence-corrected chi connectivity index (χ2v) is 4.09. The Morgan fingerprint density at radius 2 is 2.20 bits per heavy atom. The quantitative estimate of drug-likeness (QED) is 0.607. The molecule has 2 heterocycles. The summed E-state index contributed by atoms with van der Waals surface area (Å²) in [7, 11) is 0. The van der Waals surface area contributed by atoms with Crippen LogP contribution in [0.5, 0.6) is 0 Å². The summed E-state index contributed by atoms with van der Waals surface area (Å²) < 4.78 is 0. The summed E-state index contributed by atoms with van der Waals surface area (Å²) in [4.78, 5) is 15.4. The van der Waals surface area contributed by atoms with Crippen LogP contribution in [0.4, 0.5) is 0 Å². The Kier molecular flexibility index (Phi) is 1.95. The molecule has 2 aliphatic rings. The molecule has 3 N–H and O–H groups in total. The molecular weight excluding hydrogens is 194 g/mol. The maximum Gasteiger partial charge on any atom is 0.234 e. The van der Waals surface area contributed by atoms with Gasteiger partial charge in [-0.05, 0) is 12.8 Å². The van der Waals surface area contributed by atoms with Crippen LogP contribution in [0.3, 0.4) is 0 Å². The van der Waals surface area contributed by atoms with Crippen LogP contribution in [0, 0.1) is 0 Å². The van der Waals surface area contributed by atoms with E-state index in [1.54, 1.807) is 0 Å². The van der Waals surface area contributed by atoms with Gasteiger partial charge in [0.1, 0.15) is 5.82 Å². The number of piperazine rings is 1. The van der Waals surface area contributed by atoms with Gasteiger partial charge in [-0.2, -0.15) is 5.10 Å². The van der Waals surface area contributed by atoms with E-state index in [0.717, 1.165) is 11.6 Å². The zero-order chi connectivity index (χ0) is 10.3. The lowest BCUT2D eigenvalue weighted by molar-refractivity contribution is -0.121. The zero-order valence-corrected chi connectivity index (χ0v) is 8.29. The molecule has 1 unspecified atom stereocenters. The van der Waals surface area contributed by atoms with Gasteiger partial charge in [0.15, 0.2) is 5.82 Å². The van der Waals surface area contributed by atoms with Gasteiger partial charge in [-0.1, -0.05) is 0 Å². The molecule has 0 spiro atoms. The average Bonchev–Trinajstić information content (AvgIpc) is 2.99. The molecule has 1 aliphatic carbocycles.